The van der Waals surface area contributed by atoms with E-state index in [0.29, 0.717) is 6.61 Å². The lowest BCUT2D eigenvalue weighted by Crippen LogP contribution is -2.46. The maximum absolute atomic E-state index is 5.85. The predicted molar refractivity (Wildman–Crippen MR) is 72.4 cm³/mol. The van der Waals surface area contributed by atoms with Crippen LogP contribution in [0.5, 0.6) is 0 Å². The van der Waals surface area contributed by atoms with Crippen LogP contribution in [0.2, 0.25) is 0 Å². The lowest BCUT2D eigenvalue weighted by molar-refractivity contribution is -0.0557. The Morgan fingerprint density at radius 1 is 1.62 bits per heavy atom. The quantitative estimate of drug-likeness (QED) is 0.626. The number of thiophene rings is 1. The van der Waals surface area contributed by atoms with Crippen LogP contribution < -0.4 is 11.3 Å². The fraction of sp³-hybridized carbons (Fsp3) is 0.636. The van der Waals surface area contributed by atoms with Gasteiger partial charge in [0.1, 0.15) is 0 Å². The van der Waals surface area contributed by atoms with Gasteiger partial charge in [-0.25, -0.2) is 5.43 Å². The van der Waals surface area contributed by atoms with Crippen molar-refractivity contribution in [1.82, 2.24) is 5.43 Å². The van der Waals surface area contributed by atoms with Gasteiger partial charge in [-0.3, -0.25) is 5.84 Å². The molecule has 2 unspecified atom stereocenters. The smallest absolute Gasteiger partial charge is 0.0866 e. The van der Waals surface area contributed by atoms with E-state index in [1.165, 1.54) is 4.88 Å². The topological polar surface area (TPSA) is 47.3 Å². The third kappa shape index (κ3) is 2.84. The second kappa shape index (κ2) is 6.12. The Kier molecular flexibility index (Phi) is 5.40. The molecule has 2 atom stereocenters. The largest absolute Gasteiger partial charge is 0.374 e. The van der Waals surface area contributed by atoms with Crippen molar-refractivity contribution >= 4 is 27.3 Å². The molecule has 0 aliphatic rings. The number of halogens is 1. The maximum atomic E-state index is 5.85. The van der Waals surface area contributed by atoms with Crippen molar-refractivity contribution < 1.29 is 4.74 Å². The van der Waals surface area contributed by atoms with Crippen molar-refractivity contribution in [3.8, 4) is 0 Å². The summed E-state index contributed by atoms with van der Waals surface area (Å²) in [5.41, 5.74) is 2.60. The molecule has 16 heavy (non-hydrogen) atoms. The van der Waals surface area contributed by atoms with Gasteiger partial charge in [-0.2, -0.15) is 0 Å². The summed E-state index contributed by atoms with van der Waals surface area (Å²) < 4.78 is 6.94. The third-order valence-corrected chi connectivity index (χ3v) is 4.80. The van der Waals surface area contributed by atoms with Crippen molar-refractivity contribution in [3.05, 3.63) is 20.8 Å². The number of hydrazine groups is 1. The third-order valence-electron chi connectivity index (χ3n) is 2.86. The second-order valence-corrected chi connectivity index (χ2v) is 5.63. The Hall–Kier alpha value is 0.0600. The monoisotopic (exact) mass is 306 g/mol. The molecular weight excluding hydrogens is 288 g/mol. The summed E-state index contributed by atoms with van der Waals surface area (Å²) in [6.45, 7) is 6.89. The van der Waals surface area contributed by atoms with Crippen molar-refractivity contribution in [3.63, 3.8) is 0 Å². The first-order valence-electron chi connectivity index (χ1n) is 5.42. The number of hydrogen-bond donors (Lipinski definition) is 2. The van der Waals surface area contributed by atoms with Crippen LogP contribution in [0.4, 0.5) is 0 Å². The highest BCUT2D eigenvalue weighted by molar-refractivity contribution is 9.10. The Bertz CT molecular complexity index is 332. The van der Waals surface area contributed by atoms with E-state index in [1.54, 1.807) is 11.3 Å². The highest BCUT2D eigenvalue weighted by atomic mass is 79.9. The van der Waals surface area contributed by atoms with Gasteiger partial charge >= 0.3 is 0 Å². The van der Waals surface area contributed by atoms with Crippen LogP contribution >= 0.6 is 27.3 Å². The van der Waals surface area contributed by atoms with Crippen molar-refractivity contribution in [2.24, 2.45) is 5.84 Å². The van der Waals surface area contributed by atoms with Crippen molar-refractivity contribution in [2.45, 2.75) is 38.8 Å². The molecule has 0 saturated carbocycles. The van der Waals surface area contributed by atoms with Gasteiger partial charge in [-0.1, -0.05) is 6.92 Å². The summed E-state index contributed by atoms with van der Waals surface area (Å²) in [6, 6.07) is 2.04. The summed E-state index contributed by atoms with van der Waals surface area (Å²) in [7, 11) is 0. The number of rotatable bonds is 6. The molecule has 0 bridgehead atoms. The fourth-order valence-corrected chi connectivity index (χ4v) is 3.56. The van der Waals surface area contributed by atoms with Crippen LogP contribution in [0.1, 0.15) is 38.1 Å². The van der Waals surface area contributed by atoms with E-state index < -0.39 is 0 Å². The minimum absolute atomic E-state index is 0.00632. The zero-order chi connectivity index (χ0) is 12.2. The first-order valence-corrected chi connectivity index (χ1v) is 7.09. The van der Waals surface area contributed by atoms with E-state index in [2.05, 4.69) is 35.2 Å². The molecule has 0 aliphatic heterocycles. The molecule has 1 rings (SSSR count). The summed E-state index contributed by atoms with van der Waals surface area (Å²) >= 11 is 5.22. The van der Waals surface area contributed by atoms with Crippen LogP contribution in [-0.4, -0.2) is 12.2 Å². The number of hydrogen-bond acceptors (Lipinski definition) is 4. The minimum Gasteiger partial charge on any atom is -0.374 e. The van der Waals surface area contributed by atoms with Gasteiger partial charge in [-0.15, -0.1) is 11.3 Å². The second-order valence-electron chi connectivity index (χ2n) is 3.83. The van der Waals surface area contributed by atoms with Gasteiger partial charge in [-0.05, 0) is 47.6 Å². The molecule has 0 radical (unpaired) electrons. The summed E-state index contributed by atoms with van der Waals surface area (Å²) in [4.78, 5) is 1.18. The van der Waals surface area contributed by atoms with Gasteiger partial charge < -0.3 is 4.74 Å². The van der Waals surface area contributed by atoms with Crippen LogP contribution in [-0.2, 0) is 4.74 Å². The normalized spacial score (nSPS) is 17.1. The summed E-state index contributed by atoms with van der Waals surface area (Å²) in [5, 5.41) is 2.05. The highest BCUT2D eigenvalue weighted by Crippen LogP contribution is 2.38. The molecule has 0 aromatic carbocycles. The van der Waals surface area contributed by atoms with Crippen LogP contribution in [0.15, 0.2) is 15.9 Å². The standard InChI is InChI=1S/C11H19BrN2OS/c1-4-11(3,15-5-2)10(14-13)9-8(12)6-7-16-9/h6-7,10,14H,4-5,13H2,1-3H3. The van der Waals surface area contributed by atoms with E-state index in [0.717, 1.165) is 10.9 Å². The summed E-state index contributed by atoms with van der Waals surface area (Å²) in [6.07, 6.45) is 0.903. The van der Waals surface area contributed by atoms with Crippen LogP contribution in [0.25, 0.3) is 0 Å². The molecule has 1 aromatic heterocycles. The number of nitrogens with two attached hydrogens (primary N) is 1. The van der Waals surface area contributed by atoms with Gasteiger partial charge in [0.25, 0.3) is 0 Å². The van der Waals surface area contributed by atoms with Crippen molar-refractivity contribution in [2.75, 3.05) is 6.61 Å². The molecule has 0 fully saturated rings. The van der Waals surface area contributed by atoms with Crippen LogP contribution in [0.3, 0.4) is 0 Å². The summed E-state index contributed by atoms with van der Waals surface area (Å²) in [5.74, 6) is 5.68. The molecule has 0 aliphatic carbocycles. The average Bonchev–Trinajstić information content (AvgIpc) is 2.66. The molecular formula is C11H19BrN2OS. The fourth-order valence-electron chi connectivity index (χ4n) is 1.76. The van der Waals surface area contributed by atoms with E-state index >= 15 is 0 Å². The Morgan fingerprint density at radius 2 is 2.31 bits per heavy atom. The molecule has 0 spiro atoms. The number of ether oxygens (including phenoxy) is 1. The van der Waals surface area contributed by atoms with Gasteiger partial charge in [0, 0.05) is 16.0 Å². The minimum atomic E-state index is -0.281. The molecule has 1 heterocycles. The lowest BCUT2D eigenvalue weighted by atomic mass is 9.92. The lowest BCUT2D eigenvalue weighted by Gasteiger charge is -2.36. The first-order chi connectivity index (χ1) is 7.59. The van der Waals surface area contributed by atoms with Gasteiger partial charge in [0.05, 0.1) is 11.6 Å². The average molecular weight is 307 g/mol. The zero-order valence-electron chi connectivity index (χ0n) is 9.92. The highest BCUT2D eigenvalue weighted by Gasteiger charge is 2.35. The first kappa shape index (κ1) is 14.1. The van der Waals surface area contributed by atoms with E-state index in [9.17, 15) is 0 Å². The van der Waals surface area contributed by atoms with Gasteiger partial charge in [0.15, 0.2) is 0 Å². The predicted octanol–water partition coefficient (Wildman–Crippen LogP) is 3.22. The Morgan fingerprint density at radius 3 is 2.69 bits per heavy atom. The van der Waals surface area contributed by atoms with Crippen LogP contribution in [0, 0.1) is 0 Å². The number of nitrogens with one attached hydrogen (secondary N) is 1. The molecule has 5 heteroatoms. The van der Waals surface area contributed by atoms with E-state index in [1.807, 2.05) is 18.4 Å². The molecule has 92 valence electrons. The van der Waals surface area contributed by atoms with Crippen molar-refractivity contribution in [1.29, 1.82) is 0 Å². The molecule has 3 N–H and O–H groups in total. The molecule has 0 saturated heterocycles. The molecule has 3 nitrogen and oxygen atoms in total. The van der Waals surface area contributed by atoms with Gasteiger partial charge in [0.2, 0.25) is 0 Å². The Labute approximate surface area is 109 Å². The molecule has 0 amide bonds. The molecule has 1 aromatic rings. The maximum Gasteiger partial charge on any atom is 0.0866 e. The Balaban J connectivity index is 3.00. The SMILES string of the molecule is CCOC(C)(CC)C(NN)c1sccc1Br. The zero-order valence-corrected chi connectivity index (χ0v) is 12.3. The van der Waals surface area contributed by atoms with E-state index in [-0.39, 0.29) is 11.6 Å². The van der Waals surface area contributed by atoms with E-state index in [4.69, 9.17) is 10.6 Å².